The van der Waals surface area contributed by atoms with Crippen molar-refractivity contribution in [1.29, 1.82) is 0 Å². The Kier molecular flexibility index (Phi) is 4.31. The first-order chi connectivity index (χ1) is 10.3. The number of rotatable bonds is 4. The molecule has 1 aliphatic rings. The summed E-state index contributed by atoms with van der Waals surface area (Å²) in [6, 6.07) is 17.1. The molecule has 0 aromatic heterocycles. The van der Waals surface area contributed by atoms with Gasteiger partial charge in [-0.25, -0.2) is 0 Å². The molecule has 0 unspecified atom stereocenters. The molecule has 0 amide bonds. The van der Waals surface area contributed by atoms with E-state index >= 15 is 0 Å². The maximum Gasteiger partial charge on any atom is 0.226 e. The van der Waals surface area contributed by atoms with Crippen LogP contribution in [0.15, 0.2) is 59.4 Å². The van der Waals surface area contributed by atoms with Crippen LogP contribution < -0.4 is 10.2 Å². The van der Waals surface area contributed by atoms with Crippen molar-refractivity contribution in [2.45, 2.75) is 25.6 Å². The van der Waals surface area contributed by atoms with Crippen molar-refractivity contribution in [3.63, 3.8) is 0 Å². The minimum atomic E-state index is -0.0935. The van der Waals surface area contributed by atoms with Crippen LogP contribution in [-0.2, 0) is 11.3 Å². The van der Waals surface area contributed by atoms with Crippen molar-refractivity contribution in [3.8, 4) is 5.75 Å². The van der Waals surface area contributed by atoms with E-state index in [1.54, 1.807) is 6.07 Å². The molecule has 1 heterocycles. The zero-order valence-corrected chi connectivity index (χ0v) is 11.8. The second-order valence-electron chi connectivity index (χ2n) is 5.14. The largest absolute Gasteiger partial charge is 0.485 e. The highest BCUT2D eigenvalue weighted by molar-refractivity contribution is 5.29. The standard InChI is InChI=1S/C18H18O3/c19-18-15(16-11-6-12-20-16)9-4-5-10-17(18)21-13-14-7-2-1-3-8-14/h1-5,7-10,16H,6,11-13H2/t16-/m1/s1. The quantitative estimate of drug-likeness (QED) is 0.861. The molecule has 2 aromatic rings. The summed E-state index contributed by atoms with van der Waals surface area (Å²) >= 11 is 0. The van der Waals surface area contributed by atoms with Gasteiger partial charge < -0.3 is 9.47 Å². The molecule has 108 valence electrons. The zero-order valence-electron chi connectivity index (χ0n) is 11.8. The third-order valence-electron chi connectivity index (χ3n) is 3.63. The molecule has 3 heteroatoms. The third kappa shape index (κ3) is 3.31. The Morgan fingerprint density at radius 2 is 1.81 bits per heavy atom. The molecule has 3 nitrogen and oxygen atoms in total. The highest BCUT2D eigenvalue weighted by atomic mass is 16.5. The van der Waals surface area contributed by atoms with Gasteiger partial charge >= 0.3 is 0 Å². The molecular formula is C18H18O3. The van der Waals surface area contributed by atoms with Crippen LogP contribution in [0, 0.1) is 0 Å². The summed E-state index contributed by atoms with van der Waals surface area (Å²) in [5.41, 5.74) is 1.67. The smallest absolute Gasteiger partial charge is 0.226 e. The number of hydrogen-bond acceptors (Lipinski definition) is 3. The van der Waals surface area contributed by atoms with Crippen molar-refractivity contribution in [3.05, 3.63) is 75.9 Å². The van der Waals surface area contributed by atoms with E-state index in [1.807, 2.05) is 48.5 Å². The van der Waals surface area contributed by atoms with Crippen molar-refractivity contribution in [2.24, 2.45) is 0 Å². The van der Waals surface area contributed by atoms with Gasteiger partial charge in [-0.05, 0) is 24.5 Å². The van der Waals surface area contributed by atoms with Gasteiger partial charge in [0.2, 0.25) is 5.43 Å². The Hall–Kier alpha value is -2.13. The summed E-state index contributed by atoms with van der Waals surface area (Å²) in [4.78, 5) is 12.6. The number of ether oxygens (including phenoxy) is 2. The lowest BCUT2D eigenvalue weighted by molar-refractivity contribution is 0.111. The van der Waals surface area contributed by atoms with Gasteiger partial charge in [0.25, 0.3) is 0 Å². The third-order valence-corrected chi connectivity index (χ3v) is 3.63. The molecule has 0 spiro atoms. The van der Waals surface area contributed by atoms with Gasteiger partial charge in [0.15, 0.2) is 5.75 Å². The Balaban J connectivity index is 1.83. The van der Waals surface area contributed by atoms with Gasteiger partial charge in [-0.15, -0.1) is 0 Å². The van der Waals surface area contributed by atoms with E-state index < -0.39 is 0 Å². The molecule has 0 bridgehead atoms. The number of hydrogen-bond donors (Lipinski definition) is 0. The first-order valence-electron chi connectivity index (χ1n) is 7.26. The first kappa shape index (κ1) is 13.8. The first-order valence-corrected chi connectivity index (χ1v) is 7.26. The molecule has 1 aliphatic heterocycles. The van der Waals surface area contributed by atoms with E-state index in [2.05, 4.69) is 0 Å². The summed E-state index contributed by atoms with van der Waals surface area (Å²) in [6.07, 6.45) is 1.81. The van der Waals surface area contributed by atoms with Crippen LogP contribution in [0.3, 0.4) is 0 Å². The minimum absolute atomic E-state index is 0.0668. The van der Waals surface area contributed by atoms with Crippen molar-refractivity contribution in [2.75, 3.05) is 6.61 Å². The van der Waals surface area contributed by atoms with Crippen LogP contribution in [0.5, 0.6) is 5.75 Å². The van der Waals surface area contributed by atoms with Gasteiger partial charge in [0, 0.05) is 12.2 Å². The normalized spacial score (nSPS) is 17.6. The van der Waals surface area contributed by atoms with E-state index in [0.717, 1.165) is 25.0 Å². The van der Waals surface area contributed by atoms with Gasteiger partial charge in [0.1, 0.15) is 6.61 Å². The molecule has 21 heavy (non-hydrogen) atoms. The minimum Gasteiger partial charge on any atom is -0.485 e. The van der Waals surface area contributed by atoms with Gasteiger partial charge in [-0.1, -0.05) is 48.5 Å². The molecule has 1 atom stereocenters. The molecule has 1 fully saturated rings. The van der Waals surface area contributed by atoms with Gasteiger partial charge in [-0.3, -0.25) is 4.79 Å². The van der Waals surface area contributed by atoms with Crippen LogP contribution in [0.4, 0.5) is 0 Å². The SMILES string of the molecule is O=c1c(OCc2ccccc2)ccccc1[C@H]1CCCO1. The molecule has 2 aromatic carbocycles. The Bertz CT molecular complexity index is 646. The average molecular weight is 282 g/mol. The lowest BCUT2D eigenvalue weighted by Crippen LogP contribution is -2.13. The highest BCUT2D eigenvalue weighted by Gasteiger charge is 2.21. The van der Waals surface area contributed by atoms with E-state index in [9.17, 15) is 4.79 Å². The summed E-state index contributed by atoms with van der Waals surface area (Å²) in [5, 5.41) is 0. The van der Waals surface area contributed by atoms with Gasteiger partial charge in [-0.2, -0.15) is 0 Å². The maximum atomic E-state index is 12.6. The van der Waals surface area contributed by atoms with Crippen molar-refractivity contribution < 1.29 is 9.47 Å². The van der Waals surface area contributed by atoms with Crippen LogP contribution in [0.2, 0.25) is 0 Å². The molecule has 0 N–H and O–H groups in total. The fourth-order valence-electron chi connectivity index (χ4n) is 2.52. The van der Waals surface area contributed by atoms with Crippen molar-refractivity contribution in [1.82, 2.24) is 0 Å². The predicted octanol–water partition coefficient (Wildman–Crippen LogP) is 3.48. The van der Waals surface area contributed by atoms with Crippen LogP contribution >= 0.6 is 0 Å². The number of benzene rings is 1. The second kappa shape index (κ2) is 6.55. The molecule has 1 saturated heterocycles. The molecule has 0 saturated carbocycles. The van der Waals surface area contributed by atoms with Gasteiger partial charge in [0.05, 0.1) is 6.10 Å². The summed E-state index contributed by atoms with van der Waals surface area (Å²) in [7, 11) is 0. The maximum absolute atomic E-state index is 12.6. The second-order valence-corrected chi connectivity index (χ2v) is 5.14. The van der Waals surface area contributed by atoms with Crippen LogP contribution in [0.25, 0.3) is 0 Å². The summed E-state index contributed by atoms with van der Waals surface area (Å²) in [5.74, 6) is 0.384. The molecular weight excluding hydrogens is 264 g/mol. The Morgan fingerprint density at radius 3 is 2.57 bits per heavy atom. The fraction of sp³-hybridized carbons (Fsp3) is 0.278. The van der Waals surface area contributed by atoms with E-state index in [0.29, 0.717) is 17.9 Å². The fourth-order valence-corrected chi connectivity index (χ4v) is 2.52. The zero-order chi connectivity index (χ0) is 14.5. The van der Waals surface area contributed by atoms with Crippen LogP contribution in [0.1, 0.15) is 30.1 Å². The summed E-state index contributed by atoms with van der Waals surface area (Å²) in [6.45, 7) is 1.12. The van der Waals surface area contributed by atoms with E-state index in [1.165, 1.54) is 0 Å². The van der Waals surface area contributed by atoms with Crippen molar-refractivity contribution >= 4 is 0 Å². The van der Waals surface area contributed by atoms with E-state index in [-0.39, 0.29) is 11.5 Å². The topological polar surface area (TPSA) is 35.5 Å². The molecule has 0 radical (unpaired) electrons. The van der Waals surface area contributed by atoms with Crippen LogP contribution in [-0.4, -0.2) is 6.61 Å². The average Bonchev–Trinajstić information content (AvgIpc) is 2.98. The predicted molar refractivity (Wildman–Crippen MR) is 81.4 cm³/mol. The highest BCUT2D eigenvalue weighted by Crippen LogP contribution is 2.26. The van der Waals surface area contributed by atoms with E-state index in [4.69, 9.17) is 9.47 Å². The summed E-state index contributed by atoms with van der Waals surface area (Å²) < 4.78 is 11.3. The lowest BCUT2D eigenvalue weighted by Gasteiger charge is -2.08. The molecule has 0 aliphatic carbocycles. The Labute approximate surface area is 124 Å². The lowest BCUT2D eigenvalue weighted by atomic mass is 10.1. The monoisotopic (exact) mass is 282 g/mol. The Morgan fingerprint density at radius 1 is 1.05 bits per heavy atom. The molecule has 3 rings (SSSR count).